The van der Waals surface area contributed by atoms with E-state index in [1.807, 2.05) is 0 Å². The van der Waals surface area contributed by atoms with Crippen LogP contribution in [-0.4, -0.2) is 28.2 Å². The molecule has 0 atom stereocenters. The van der Waals surface area contributed by atoms with Crippen LogP contribution in [0.25, 0.3) is 0 Å². The van der Waals surface area contributed by atoms with E-state index in [1.165, 1.54) is 0 Å². The molecule has 1 aromatic carbocycles. The van der Waals surface area contributed by atoms with Gasteiger partial charge in [0.1, 0.15) is 11.6 Å². The molecule has 1 rings (SSSR count). The fourth-order valence-electron chi connectivity index (χ4n) is 0.971. The smallest absolute Gasteiger partial charge is 0.478 e. The van der Waals surface area contributed by atoms with E-state index in [0.717, 1.165) is 0 Å². The maximum absolute atomic E-state index is 13.1. The minimum atomic E-state index is -2.38. The van der Waals surface area contributed by atoms with E-state index in [0.29, 0.717) is 12.1 Å². The van der Waals surface area contributed by atoms with Crippen molar-refractivity contribution in [3.05, 3.63) is 29.3 Å². The van der Waals surface area contributed by atoms with Gasteiger partial charge in [0.05, 0.1) is 11.0 Å². The van der Waals surface area contributed by atoms with Crippen molar-refractivity contribution in [2.24, 2.45) is 0 Å². The average Bonchev–Trinajstić information content (AvgIpc) is 2.02. The quantitative estimate of drug-likeness (QED) is 0.556. The summed E-state index contributed by atoms with van der Waals surface area (Å²) in [6.07, 6.45) is 0. The van der Waals surface area contributed by atoms with Crippen molar-refractivity contribution >= 4 is 18.6 Å². The maximum atomic E-state index is 13.1. The second kappa shape index (κ2) is 3.73. The summed E-state index contributed by atoms with van der Waals surface area (Å²) in [6, 6.07) is 1.36. The fourth-order valence-corrected chi connectivity index (χ4v) is 0.971. The molecule has 0 radical (unpaired) electrons. The molecule has 0 unspecified atom stereocenters. The van der Waals surface area contributed by atoms with Crippen LogP contribution in [0.5, 0.6) is 0 Å². The zero-order valence-corrected chi connectivity index (χ0v) is 6.74. The van der Waals surface area contributed by atoms with E-state index in [9.17, 15) is 13.6 Å². The Morgan fingerprint density at radius 3 is 2.29 bits per heavy atom. The summed E-state index contributed by atoms with van der Waals surface area (Å²) in [4.78, 5) is 10.4. The number of hydrogen-bond acceptors (Lipinski definition) is 3. The molecule has 0 fully saturated rings. The highest BCUT2D eigenvalue weighted by molar-refractivity contribution is 6.58. The molecule has 1 aromatic rings. The van der Waals surface area contributed by atoms with Gasteiger partial charge in [-0.1, -0.05) is 0 Å². The van der Waals surface area contributed by atoms with Gasteiger partial charge in [-0.25, -0.2) is 13.6 Å². The van der Waals surface area contributed by atoms with Gasteiger partial charge in [0.15, 0.2) is 0 Å². The van der Waals surface area contributed by atoms with Gasteiger partial charge in [-0.05, 0) is 12.1 Å². The van der Waals surface area contributed by atoms with Crippen LogP contribution in [0.4, 0.5) is 8.78 Å². The zero-order valence-electron chi connectivity index (χ0n) is 6.74. The molecular formula is C7H5BF2O4. The molecular weight excluding hydrogens is 197 g/mol. The summed E-state index contributed by atoms with van der Waals surface area (Å²) in [5.74, 6) is -4.29. The average molecular weight is 202 g/mol. The van der Waals surface area contributed by atoms with E-state index >= 15 is 0 Å². The normalized spacial score (nSPS) is 10.0. The lowest BCUT2D eigenvalue weighted by molar-refractivity contribution is 0.0692. The van der Waals surface area contributed by atoms with Crippen LogP contribution in [0, 0.1) is 11.6 Å². The molecule has 0 saturated heterocycles. The molecule has 0 saturated carbocycles. The van der Waals surface area contributed by atoms with Crippen molar-refractivity contribution in [3.63, 3.8) is 0 Å². The standard InChI is InChI=1S/C7H5BF2O4/c9-4-2-1-3(7(11)12)6(10)5(4)8(13)14/h1-2,13-14H,(H,11,12). The Morgan fingerprint density at radius 1 is 1.29 bits per heavy atom. The Bertz CT molecular complexity index is 380. The monoisotopic (exact) mass is 202 g/mol. The van der Waals surface area contributed by atoms with Gasteiger partial charge < -0.3 is 15.2 Å². The van der Waals surface area contributed by atoms with Gasteiger partial charge in [0.2, 0.25) is 0 Å². The molecule has 74 valence electrons. The summed E-state index contributed by atoms with van der Waals surface area (Å²) in [6.45, 7) is 0. The van der Waals surface area contributed by atoms with Crippen molar-refractivity contribution in [1.82, 2.24) is 0 Å². The molecule has 0 spiro atoms. The van der Waals surface area contributed by atoms with E-state index in [-0.39, 0.29) is 0 Å². The van der Waals surface area contributed by atoms with Gasteiger partial charge >= 0.3 is 13.1 Å². The molecule has 0 heterocycles. The lowest BCUT2D eigenvalue weighted by atomic mass is 9.78. The Morgan fingerprint density at radius 2 is 1.86 bits per heavy atom. The topological polar surface area (TPSA) is 77.8 Å². The van der Waals surface area contributed by atoms with E-state index in [1.54, 1.807) is 0 Å². The minimum absolute atomic E-state index is 0.654. The van der Waals surface area contributed by atoms with E-state index < -0.39 is 35.7 Å². The number of halogens is 2. The first-order valence-corrected chi connectivity index (χ1v) is 3.52. The first kappa shape index (κ1) is 10.6. The third kappa shape index (κ3) is 1.73. The predicted octanol–water partition coefficient (Wildman–Crippen LogP) is -0.657. The number of benzene rings is 1. The second-order valence-electron chi connectivity index (χ2n) is 2.50. The van der Waals surface area contributed by atoms with Crippen molar-refractivity contribution in [3.8, 4) is 0 Å². The number of carboxylic acids is 1. The Hall–Kier alpha value is -1.47. The molecule has 0 bridgehead atoms. The summed E-state index contributed by atoms with van der Waals surface area (Å²) < 4.78 is 25.9. The van der Waals surface area contributed by atoms with Crippen LogP contribution in [0.1, 0.15) is 10.4 Å². The Kier molecular flexibility index (Phi) is 2.83. The van der Waals surface area contributed by atoms with Crippen molar-refractivity contribution in [2.45, 2.75) is 0 Å². The first-order valence-electron chi connectivity index (χ1n) is 3.52. The summed E-state index contributed by atoms with van der Waals surface area (Å²) in [5.41, 5.74) is -1.88. The molecule has 0 aromatic heterocycles. The highest BCUT2D eigenvalue weighted by atomic mass is 19.1. The Balaban J connectivity index is 3.41. The van der Waals surface area contributed by atoms with Crippen LogP contribution in [0.15, 0.2) is 12.1 Å². The molecule has 0 aliphatic carbocycles. The van der Waals surface area contributed by atoms with Gasteiger partial charge in [-0.2, -0.15) is 0 Å². The molecule has 0 amide bonds. The van der Waals surface area contributed by atoms with E-state index in [2.05, 4.69) is 0 Å². The van der Waals surface area contributed by atoms with Crippen LogP contribution in [0.3, 0.4) is 0 Å². The number of carbonyl (C=O) groups is 1. The van der Waals surface area contributed by atoms with Gasteiger partial charge in [0.25, 0.3) is 0 Å². The number of aromatic carboxylic acids is 1. The second-order valence-corrected chi connectivity index (χ2v) is 2.50. The van der Waals surface area contributed by atoms with Crippen LogP contribution in [-0.2, 0) is 0 Å². The molecule has 3 N–H and O–H groups in total. The Labute approximate surface area is 77.6 Å². The summed E-state index contributed by atoms with van der Waals surface area (Å²) >= 11 is 0. The summed E-state index contributed by atoms with van der Waals surface area (Å²) in [7, 11) is -2.38. The molecule has 14 heavy (non-hydrogen) atoms. The highest BCUT2D eigenvalue weighted by Gasteiger charge is 2.25. The molecule has 0 aliphatic rings. The van der Waals surface area contributed by atoms with Gasteiger partial charge in [-0.15, -0.1) is 0 Å². The number of hydrogen-bond donors (Lipinski definition) is 3. The third-order valence-corrected chi connectivity index (χ3v) is 1.62. The fraction of sp³-hybridized carbons (Fsp3) is 0. The highest BCUT2D eigenvalue weighted by Crippen LogP contribution is 2.07. The lowest BCUT2D eigenvalue weighted by Gasteiger charge is -2.05. The summed E-state index contributed by atoms with van der Waals surface area (Å²) in [5, 5.41) is 25.6. The third-order valence-electron chi connectivity index (χ3n) is 1.62. The van der Waals surface area contributed by atoms with Crippen LogP contribution < -0.4 is 5.46 Å². The zero-order chi connectivity index (χ0) is 10.9. The largest absolute Gasteiger partial charge is 0.494 e. The van der Waals surface area contributed by atoms with Crippen LogP contribution in [0.2, 0.25) is 0 Å². The van der Waals surface area contributed by atoms with Crippen molar-refractivity contribution < 1.29 is 28.7 Å². The van der Waals surface area contributed by atoms with Gasteiger partial charge in [-0.3, -0.25) is 0 Å². The molecule has 4 nitrogen and oxygen atoms in total. The minimum Gasteiger partial charge on any atom is -0.478 e. The predicted molar refractivity (Wildman–Crippen MR) is 43.1 cm³/mol. The van der Waals surface area contributed by atoms with Gasteiger partial charge in [0, 0.05) is 0 Å². The number of carboxylic acid groups (broad SMARTS) is 1. The van der Waals surface area contributed by atoms with Crippen LogP contribution >= 0.6 is 0 Å². The SMILES string of the molecule is O=C(O)c1ccc(F)c(B(O)O)c1F. The lowest BCUT2D eigenvalue weighted by Crippen LogP contribution is -2.37. The maximum Gasteiger partial charge on any atom is 0.494 e. The number of rotatable bonds is 2. The molecule has 7 heteroatoms. The van der Waals surface area contributed by atoms with E-state index in [4.69, 9.17) is 15.2 Å². The van der Waals surface area contributed by atoms with Crippen molar-refractivity contribution in [2.75, 3.05) is 0 Å². The first-order chi connectivity index (χ1) is 6.45. The molecule has 0 aliphatic heterocycles. The van der Waals surface area contributed by atoms with Crippen molar-refractivity contribution in [1.29, 1.82) is 0 Å².